The van der Waals surface area contributed by atoms with E-state index in [-0.39, 0.29) is 6.04 Å². The van der Waals surface area contributed by atoms with E-state index in [4.69, 9.17) is 10.3 Å². The quantitative estimate of drug-likeness (QED) is 0.907. The normalized spacial score (nSPS) is 33.0. The smallest absolute Gasteiger partial charge is 0.243 e. The second-order valence-corrected chi connectivity index (χ2v) is 9.28. The minimum absolute atomic E-state index is 0.0795. The SMILES string of the molecule is CC1SCC(c2noc(C(N)C3CCCCC3)n2)SC1C. The van der Waals surface area contributed by atoms with Crippen molar-refractivity contribution < 1.29 is 4.52 Å². The van der Waals surface area contributed by atoms with Gasteiger partial charge in [-0.05, 0) is 18.8 Å². The predicted octanol–water partition coefficient (Wildman–Crippen LogP) is 3.95. The molecular formula is C15H25N3OS2. The summed E-state index contributed by atoms with van der Waals surface area (Å²) in [5, 5.41) is 5.88. The number of thioether (sulfide) groups is 2. The maximum Gasteiger partial charge on any atom is 0.243 e. The van der Waals surface area contributed by atoms with Crippen LogP contribution in [-0.4, -0.2) is 26.4 Å². The Morgan fingerprint density at radius 1 is 1.19 bits per heavy atom. The van der Waals surface area contributed by atoms with E-state index in [9.17, 15) is 0 Å². The molecular weight excluding hydrogens is 302 g/mol. The Morgan fingerprint density at radius 3 is 2.67 bits per heavy atom. The molecule has 0 bridgehead atoms. The van der Waals surface area contributed by atoms with Crippen LogP contribution in [0.2, 0.25) is 0 Å². The van der Waals surface area contributed by atoms with E-state index in [0.717, 1.165) is 11.6 Å². The van der Waals surface area contributed by atoms with Crippen molar-refractivity contribution in [1.29, 1.82) is 0 Å². The summed E-state index contributed by atoms with van der Waals surface area (Å²) in [7, 11) is 0. The molecule has 21 heavy (non-hydrogen) atoms. The van der Waals surface area contributed by atoms with Gasteiger partial charge in [0.15, 0.2) is 5.82 Å². The maximum atomic E-state index is 6.35. The molecule has 1 aromatic heterocycles. The van der Waals surface area contributed by atoms with Gasteiger partial charge in [-0.1, -0.05) is 38.3 Å². The van der Waals surface area contributed by atoms with Crippen molar-refractivity contribution in [3.63, 3.8) is 0 Å². The number of aromatic nitrogens is 2. The zero-order valence-corrected chi connectivity index (χ0v) is 14.5. The lowest BCUT2D eigenvalue weighted by Crippen LogP contribution is -2.24. The van der Waals surface area contributed by atoms with Crippen LogP contribution >= 0.6 is 23.5 Å². The van der Waals surface area contributed by atoms with Crippen molar-refractivity contribution in [1.82, 2.24) is 10.1 Å². The largest absolute Gasteiger partial charge is 0.338 e. The van der Waals surface area contributed by atoms with E-state index in [1.54, 1.807) is 0 Å². The lowest BCUT2D eigenvalue weighted by molar-refractivity contribution is 0.255. The predicted molar refractivity (Wildman–Crippen MR) is 89.5 cm³/mol. The van der Waals surface area contributed by atoms with Gasteiger partial charge >= 0.3 is 0 Å². The summed E-state index contributed by atoms with van der Waals surface area (Å²) in [6.07, 6.45) is 6.29. The number of nitrogens with zero attached hydrogens (tertiary/aromatic N) is 2. The first-order chi connectivity index (χ1) is 10.1. The Bertz CT molecular complexity index is 445. The van der Waals surface area contributed by atoms with Crippen molar-refractivity contribution >= 4 is 23.5 Å². The summed E-state index contributed by atoms with van der Waals surface area (Å²) in [5.41, 5.74) is 6.35. The summed E-state index contributed by atoms with van der Waals surface area (Å²) in [6, 6.07) is -0.0795. The Kier molecular flexibility index (Phi) is 5.17. The van der Waals surface area contributed by atoms with Crippen LogP contribution in [0.15, 0.2) is 4.52 Å². The molecule has 2 aliphatic rings. The third kappa shape index (κ3) is 3.59. The fraction of sp³-hybridized carbons (Fsp3) is 0.867. The molecule has 6 heteroatoms. The van der Waals surface area contributed by atoms with Gasteiger partial charge in [-0.3, -0.25) is 0 Å². The highest BCUT2D eigenvalue weighted by Crippen LogP contribution is 2.43. The zero-order valence-electron chi connectivity index (χ0n) is 12.8. The van der Waals surface area contributed by atoms with Gasteiger partial charge in [-0.25, -0.2) is 0 Å². The molecule has 1 saturated carbocycles. The molecule has 3 rings (SSSR count). The Balaban J connectivity index is 1.65. The van der Waals surface area contributed by atoms with Crippen molar-refractivity contribution in [2.75, 3.05) is 5.75 Å². The molecule has 0 amide bonds. The molecule has 4 nitrogen and oxygen atoms in total. The molecule has 0 radical (unpaired) electrons. The van der Waals surface area contributed by atoms with Crippen LogP contribution in [-0.2, 0) is 0 Å². The van der Waals surface area contributed by atoms with Gasteiger partial charge in [-0.15, -0.1) is 11.8 Å². The summed E-state index contributed by atoms with van der Waals surface area (Å²) >= 11 is 3.96. The van der Waals surface area contributed by atoms with Crippen molar-refractivity contribution in [3.8, 4) is 0 Å². The number of rotatable bonds is 3. The van der Waals surface area contributed by atoms with E-state index < -0.39 is 0 Å². The van der Waals surface area contributed by atoms with E-state index in [0.29, 0.717) is 27.6 Å². The van der Waals surface area contributed by atoms with Gasteiger partial charge in [0.05, 0.1) is 11.3 Å². The molecule has 1 aliphatic carbocycles. The van der Waals surface area contributed by atoms with Crippen LogP contribution in [0.25, 0.3) is 0 Å². The summed E-state index contributed by atoms with van der Waals surface area (Å²) < 4.78 is 5.49. The van der Waals surface area contributed by atoms with E-state index >= 15 is 0 Å². The van der Waals surface area contributed by atoms with Gasteiger partial charge in [0.2, 0.25) is 5.89 Å². The molecule has 0 aromatic carbocycles. The summed E-state index contributed by atoms with van der Waals surface area (Å²) in [4.78, 5) is 4.63. The zero-order chi connectivity index (χ0) is 14.8. The van der Waals surface area contributed by atoms with Crippen LogP contribution < -0.4 is 5.73 Å². The molecule has 4 unspecified atom stereocenters. The van der Waals surface area contributed by atoms with Crippen LogP contribution in [0, 0.1) is 5.92 Å². The van der Waals surface area contributed by atoms with Crippen molar-refractivity contribution in [2.24, 2.45) is 11.7 Å². The van der Waals surface area contributed by atoms with Crippen molar-refractivity contribution in [2.45, 2.75) is 67.7 Å². The molecule has 1 saturated heterocycles. The first-order valence-electron chi connectivity index (χ1n) is 8.01. The molecule has 2 fully saturated rings. The Hall–Kier alpha value is -0.200. The third-order valence-electron chi connectivity index (χ3n) is 4.74. The van der Waals surface area contributed by atoms with E-state index in [1.807, 2.05) is 23.5 Å². The second kappa shape index (κ2) is 6.92. The number of hydrogen-bond acceptors (Lipinski definition) is 6. The van der Waals surface area contributed by atoms with Crippen LogP contribution in [0.3, 0.4) is 0 Å². The van der Waals surface area contributed by atoms with Crippen LogP contribution in [0.1, 0.15) is 69.0 Å². The van der Waals surface area contributed by atoms with Gasteiger partial charge in [-0.2, -0.15) is 16.7 Å². The molecule has 1 aromatic rings. The average molecular weight is 328 g/mol. The molecule has 118 valence electrons. The van der Waals surface area contributed by atoms with Crippen molar-refractivity contribution in [3.05, 3.63) is 11.7 Å². The first kappa shape index (κ1) is 15.7. The monoisotopic (exact) mass is 327 g/mol. The fourth-order valence-corrected chi connectivity index (χ4v) is 5.96. The first-order valence-corrected chi connectivity index (χ1v) is 10.0. The van der Waals surface area contributed by atoms with Crippen LogP contribution in [0.4, 0.5) is 0 Å². The highest BCUT2D eigenvalue weighted by atomic mass is 32.2. The lowest BCUT2D eigenvalue weighted by Gasteiger charge is -2.29. The van der Waals surface area contributed by atoms with E-state index in [2.05, 4.69) is 24.0 Å². The standard InChI is InChI=1S/C15H25N3OS2/c1-9-10(2)21-12(8-20-9)14-17-15(19-18-14)13(16)11-6-4-3-5-7-11/h9-13H,3-8,16H2,1-2H3. The minimum atomic E-state index is -0.0795. The average Bonchev–Trinajstić information content (AvgIpc) is 3.00. The van der Waals surface area contributed by atoms with Gasteiger partial charge in [0.25, 0.3) is 0 Å². The van der Waals surface area contributed by atoms with Gasteiger partial charge < -0.3 is 10.3 Å². The Labute approximate surface area is 135 Å². The van der Waals surface area contributed by atoms with Crippen LogP contribution in [0.5, 0.6) is 0 Å². The van der Waals surface area contributed by atoms with Gasteiger partial charge in [0.1, 0.15) is 0 Å². The molecule has 4 atom stereocenters. The van der Waals surface area contributed by atoms with E-state index in [1.165, 1.54) is 32.1 Å². The lowest BCUT2D eigenvalue weighted by atomic mass is 9.84. The highest BCUT2D eigenvalue weighted by Gasteiger charge is 2.32. The number of hydrogen-bond donors (Lipinski definition) is 1. The minimum Gasteiger partial charge on any atom is -0.338 e. The summed E-state index contributed by atoms with van der Waals surface area (Å²) in [5.74, 6) is 3.06. The molecule has 2 N–H and O–H groups in total. The fourth-order valence-electron chi connectivity index (χ4n) is 3.13. The maximum absolute atomic E-state index is 6.35. The molecule has 1 aliphatic heterocycles. The molecule has 0 spiro atoms. The second-order valence-electron chi connectivity index (χ2n) is 6.28. The third-order valence-corrected chi connectivity index (χ3v) is 8.13. The number of nitrogens with two attached hydrogens (primary N) is 1. The summed E-state index contributed by atoms with van der Waals surface area (Å²) in [6.45, 7) is 4.57. The molecule has 2 heterocycles. The topological polar surface area (TPSA) is 64.9 Å². The highest BCUT2D eigenvalue weighted by molar-refractivity contribution is 8.07. The Morgan fingerprint density at radius 2 is 1.95 bits per heavy atom. The van der Waals surface area contributed by atoms with Gasteiger partial charge in [0, 0.05) is 16.3 Å².